The van der Waals surface area contributed by atoms with Gasteiger partial charge in [0.1, 0.15) is 0 Å². The molecule has 0 bridgehead atoms. The van der Waals surface area contributed by atoms with Gasteiger partial charge in [0.15, 0.2) is 0 Å². The number of thiazole rings is 1. The average Bonchev–Trinajstić information content (AvgIpc) is 2.98. The second-order valence-electron chi connectivity index (χ2n) is 6.46. The number of aryl methyl sites for hydroxylation is 3. The molecule has 0 spiro atoms. The third kappa shape index (κ3) is 3.06. The predicted octanol–water partition coefficient (Wildman–Crippen LogP) is 4.95. The maximum Gasteiger partial charge on any atom is 0.228 e. The van der Waals surface area contributed by atoms with E-state index >= 15 is 0 Å². The highest BCUT2D eigenvalue weighted by Gasteiger charge is 2.13. The molecule has 4 rings (SSSR count). The van der Waals surface area contributed by atoms with E-state index in [1.807, 2.05) is 50.2 Å². The van der Waals surface area contributed by atoms with Crippen molar-refractivity contribution in [1.29, 1.82) is 0 Å². The Morgan fingerprint density at radius 3 is 2.69 bits per heavy atom. The van der Waals surface area contributed by atoms with Crippen LogP contribution in [0.2, 0.25) is 0 Å². The minimum Gasteiger partial charge on any atom is -0.326 e. The number of hydrogen-bond acceptors (Lipinski definition) is 4. The average molecular weight is 361 g/mol. The normalized spacial score (nSPS) is 11.2. The summed E-state index contributed by atoms with van der Waals surface area (Å²) in [6.45, 7) is 6.02. The van der Waals surface area contributed by atoms with Crippen LogP contribution in [-0.4, -0.2) is 15.9 Å². The van der Waals surface area contributed by atoms with Gasteiger partial charge in [-0.2, -0.15) is 0 Å². The molecule has 0 saturated carbocycles. The summed E-state index contributed by atoms with van der Waals surface area (Å²) in [5, 5.41) is 5.13. The lowest BCUT2D eigenvalue weighted by atomic mass is 9.99. The van der Waals surface area contributed by atoms with E-state index in [1.165, 1.54) is 0 Å². The molecule has 5 heteroatoms. The first kappa shape index (κ1) is 16.7. The number of anilines is 1. The van der Waals surface area contributed by atoms with Crippen molar-refractivity contribution in [2.24, 2.45) is 0 Å². The molecule has 4 aromatic rings. The fourth-order valence-corrected chi connectivity index (χ4v) is 4.18. The Balaban J connectivity index is 1.60. The molecule has 1 amide bonds. The van der Waals surface area contributed by atoms with Crippen molar-refractivity contribution in [1.82, 2.24) is 9.97 Å². The second-order valence-corrected chi connectivity index (χ2v) is 7.69. The largest absolute Gasteiger partial charge is 0.326 e. The Morgan fingerprint density at radius 2 is 1.85 bits per heavy atom. The lowest BCUT2D eigenvalue weighted by Gasteiger charge is -2.12. The first-order valence-corrected chi connectivity index (χ1v) is 9.35. The highest BCUT2D eigenvalue weighted by molar-refractivity contribution is 7.18. The summed E-state index contributed by atoms with van der Waals surface area (Å²) >= 11 is 1.63. The van der Waals surface area contributed by atoms with Crippen LogP contribution in [-0.2, 0) is 11.2 Å². The molecule has 4 nitrogen and oxygen atoms in total. The van der Waals surface area contributed by atoms with Gasteiger partial charge in [-0.05, 0) is 56.2 Å². The number of amides is 1. The summed E-state index contributed by atoms with van der Waals surface area (Å²) in [7, 11) is 0. The maximum absolute atomic E-state index is 12.6. The van der Waals surface area contributed by atoms with Crippen LogP contribution in [0.4, 0.5) is 5.69 Å². The van der Waals surface area contributed by atoms with E-state index in [0.29, 0.717) is 6.42 Å². The third-order valence-electron chi connectivity index (χ3n) is 4.60. The van der Waals surface area contributed by atoms with Gasteiger partial charge in [0.25, 0.3) is 0 Å². The number of hydrogen-bond donors (Lipinski definition) is 1. The topological polar surface area (TPSA) is 54.9 Å². The van der Waals surface area contributed by atoms with Crippen LogP contribution < -0.4 is 5.32 Å². The molecule has 0 saturated heterocycles. The molecule has 0 unspecified atom stereocenters. The van der Waals surface area contributed by atoms with Crippen LogP contribution in [0.25, 0.3) is 21.1 Å². The second kappa shape index (κ2) is 6.50. The smallest absolute Gasteiger partial charge is 0.228 e. The summed E-state index contributed by atoms with van der Waals surface area (Å²) in [4.78, 5) is 21.7. The molecule has 0 atom stereocenters. The zero-order valence-electron chi connectivity index (χ0n) is 15.0. The molecular formula is C21H19N3OS. The van der Waals surface area contributed by atoms with Crippen molar-refractivity contribution in [2.75, 3.05) is 5.32 Å². The zero-order chi connectivity index (χ0) is 18.3. The fourth-order valence-electron chi connectivity index (χ4n) is 3.31. The van der Waals surface area contributed by atoms with E-state index in [9.17, 15) is 4.79 Å². The molecule has 0 aliphatic rings. The fraction of sp³-hybridized carbons (Fsp3) is 0.190. The summed E-state index contributed by atoms with van der Waals surface area (Å²) in [6.07, 6.45) is 0.315. The van der Waals surface area contributed by atoms with Crippen LogP contribution in [0, 0.1) is 20.8 Å². The molecule has 0 aliphatic carbocycles. The molecule has 2 heterocycles. The lowest BCUT2D eigenvalue weighted by molar-refractivity contribution is -0.115. The van der Waals surface area contributed by atoms with Crippen molar-refractivity contribution >= 4 is 44.1 Å². The number of rotatable bonds is 3. The van der Waals surface area contributed by atoms with Gasteiger partial charge in [-0.1, -0.05) is 18.2 Å². The molecule has 26 heavy (non-hydrogen) atoms. The number of fused-ring (bicyclic) bond motifs is 2. The van der Waals surface area contributed by atoms with Gasteiger partial charge >= 0.3 is 0 Å². The first-order valence-electron chi connectivity index (χ1n) is 8.53. The van der Waals surface area contributed by atoms with Crippen molar-refractivity contribution in [3.8, 4) is 0 Å². The summed E-state index contributed by atoms with van der Waals surface area (Å²) in [6, 6.07) is 13.9. The van der Waals surface area contributed by atoms with Crippen LogP contribution >= 0.6 is 11.3 Å². The number of benzene rings is 2. The minimum absolute atomic E-state index is 0.0335. The Morgan fingerprint density at radius 1 is 1.04 bits per heavy atom. The van der Waals surface area contributed by atoms with Crippen molar-refractivity contribution in [3.05, 3.63) is 64.3 Å². The number of pyridine rings is 1. The highest BCUT2D eigenvalue weighted by Crippen LogP contribution is 2.26. The number of carbonyl (C=O) groups is 1. The molecule has 1 N–H and O–H groups in total. The number of para-hydroxylation sites is 1. The lowest BCUT2D eigenvalue weighted by Crippen LogP contribution is -2.16. The number of aromatic nitrogens is 2. The molecule has 0 fully saturated rings. The monoisotopic (exact) mass is 361 g/mol. The van der Waals surface area contributed by atoms with Crippen LogP contribution in [0.1, 0.15) is 21.8 Å². The van der Waals surface area contributed by atoms with Gasteiger partial charge in [0.2, 0.25) is 5.91 Å². The molecule has 0 radical (unpaired) electrons. The Hall–Kier alpha value is -2.79. The quantitative estimate of drug-likeness (QED) is 0.562. The zero-order valence-corrected chi connectivity index (χ0v) is 15.8. The molecule has 2 aromatic carbocycles. The van der Waals surface area contributed by atoms with Gasteiger partial charge in [0.05, 0.1) is 27.2 Å². The summed E-state index contributed by atoms with van der Waals surface area (Å²) in [5.74, 6) is -0.0335. The van der Waals surface area contributed by atoms with Crippen molar-refractivity contribution in [3.63, 3.8) is 0 Å². The number of nitrogens with zero attached hydrogens (tertiary/aromatic N) is 2. The Bertz CT molecular complexity index is 1150. The third-order valence-corrected chi connectivity index (χ3v) is 5.54. The van der Waals surface area contributed by atoms with Gasteiger partial charge in [-0.25, -0.2) is 4.98 Å². The van der Waals surface area contributed by atoms with E-state index in [-0.39, 0.29) is 5.91 Å². The van der Waals surface area contributed by atoms with Gasteiger partial charge in [-0.3, -0.25) is 9.78 Å². The SMILES string of the molecule is Cc1nc2ccc(NC(=O)Cc3c(C)nc4ccccc4c3C)cc2s1. The van der Waals surface area contributed by atoms with E-state index < -0.39 is 0 Å². The van der Waals surface area contributed by atoms with Gasteiger partial charge in [-0.15, -0.1) is 11.3 Å². The van der Waals surface area contributed by atoms with Crippen LogP contribution in [0.15, 0.2) is 42.5 Å². The Kier molecular flexibility index (Phi) is 4.17. The highest BCUT2D eigenvalue weighted by atomic mass is 32.1. The summed E-state index contributed by atoms with van der Waals surface area (Å²) < 4.78 is 1.08. The Labute approximate surface area is 155 Å². The maximum atomic E-state index is 12.6. The van der Waals surface area contributed by atoms with Crippen molar-refractivity contribution < 1.29 is 4.79 Å². The van der Waals surface area contributed by atoms with E-state index in [4.69, 9.17) is 0 Å². The minimum atomic E-state index is -0.0335. The predicted molar refractivity (Wildman–Crippen MR) is 108 cm³/mol. The van der Waals surface area contributed by atoms with Crippen LogP contribution in [0.3, 0.4) is 0 Å². The first-order chi connectivity index (χ1) is 12.5. The molecule has 130 valence electrons. The van der Waals surface area contributed by atoms with E-state index in [1.54, 1.807) is 11.3 Å². The summed E-state index contributed by atoms with van der Waals surface area (Å²) in [5.41, 5.74) is 5.77. The van der Waals surface area contributed by atoms with Gasteiger partial charge < -0.3 is 5.32 Å². The molecule has 2 aromatic heterocycles. The van der Waals surface area contributed by atoms with Crippen molar-refractivity contribution in [2.45, 2.75) is 27.2 Å². The van der Waals surface area contributed by atoms with Crippen LogP contribution in [0.5, 0.6) is 0 Å². The molecule has 0 aliphatic heterocycles. The van der Waals surface area contributed by atoms with Gasteiger partial charge in [0, 0.05) is 16.8 Å². The number of nitrogens with one attached hydrogen (secondary N) is 1. The molecular weight excluding hydrogens is 342 g/mol. The standard InChI is InChI=1S/C21H19N3OS/c1-12-16-6-4-5-7-18(16)22-13(2)17(12)11-21(25)24-15-8-9-19-20(10-15)26-14(3)23-19/h4-10H,11H2,1-3H3,(H,24,25). The van der Waals surface area contributed by atoms with E-state index in [0.717, 1.165) is 48.6 Å². The number of carbonyl (C=O) groups excluding carboxylic acids is 1. The van der Waals surface area contributed by atoms with E-state index in [2.05, 4.69) is 28.3 Å².